The predicted molar refractivity (Wildman–Crippen MR) is 111 cm³/mol. The van der Waals surface area contributed by atoms with Gasteiger partial charge < -0.3 is 9.59 Å². The average Bonchev–Trinajstić information content (AvgIpc) is 2.75. The Kier molecular flexibility index (Phi) is 11.0. The summed E-state index contributed by atoms with van der Waals surface area (Å²) in [5.41, 5.74) is -2.25. The van der Waals surface area contributed by atoms with Crippen LogP contribution in [0.15, 0.2) is 36.4 Å². The minimum atomic E-state index is -4.67. The second-order valence-electron chi connectivity index (χ2n) is 7.84. The molecule has 0 unspecified atom stereocenters. The second-order valence-corrected chi connectivity index (χ2v) is 7.84. The van der Waals surface area contributed by atoms with Crippen molar-refractivity contribution in [2.75, 3.05) is 0 Å². The number of hydrogen-bond donors (Lipinski definition) is 0. The van der Waals surface area contributed by atoms with Gasteiger partial charge in [-0.05, 0) is 67.6 Å². The molecule has 2 rings (SSSR count). The molecule has 0 atom stereocenters. The summed E-state index contributed by atoms with van der Waals surface area (Å²) in [4.78, 5) is 21.5. The van der Waals surface area contributed by atoms with Crippen molar-refractivity contribution < 1.29 is 49.1 Å². The molecule has 0 saturated carbocycles. The van der Waals surface area contributed by atoms with Crippen LogP contribution in [0.4, 0.5) is 39.5 Å². The number of alkyl halides is 9. The Hall–Kier alpha value is -2.85. The fourth-order valence-electron chi connectivity index (χ4n) is 2.94. The van der Waals surface area contributed by atoms with Gasteiger partial charge in [0.15, 0.2) is 0 Å². The van der Waals surface area contributed by atoms with Gasteiger partial charge in [0.1, 0.15) is 18.2 Å². The van der Waals surface area contributed by atoms with Gasteiger partial charge in [0.25, 0.3) is 6.43 Å². The van der Waals surface area contributed by atoms with Gasteiger partial charge in [0.2, 0.25) is 0 Å². The first-order valence-electron chi connectivity index (χ1n) is 10.3. The normalized spacial score (nSPS) is 11.8. The molecule has 2 nitrogen and oxygen atoms in total. The first-order valence-corrected chi connectivity index (χ1v) is 10.3. The zero-order valence-corrected chi connectivity index (χ0v) is 18.8. The highest BCUT2D eigenvalue weighted by molar-refractivity contribution is 5.76. The molecule has 194 valence electrons. The molecule has 11 heteroatoms. The molecule has 0 aliphatic heterocycles. The number of ketones is 2. The fraction of sp³-hybridized carbons (Fsp3) is 0.417. The molecule has 0 radical (unpaired) electrons. The van der Waals surface area contributed by atoms with Crippen LogP contribution in [0.2, 0.25) is 0 Å². The third kappa shape index (κ3) is 11.0. The molecule has 0 aliphatic rings. The number of carbonyl (C=O) groups is 2. The van der Waals surface area contributed by atoms with Gasteiger partial charge in [-0.25, -0.2) is 13.2 Å². The van der Waals surface area contributed by atoms with Gasteiger partial charge in [-0.15, -0.1) is 0 Å². The Balaban J connectivity index is 0.000000351. The van der Waals surface area contributed by atoms with Crippen molar-refractivity contribution in [1.82, 2.24) is 0 Å². The van der Waals surface area contributed by atoms with E-state index < -0.39 is 42.1 Å². The van der Waals surface area contributed by atoms with Crippen LogP contribution in [0.25, 0.3) is 0 Å². The number of aryl methyl sites for hydroxylation is 2. The molecule has 0 heterocycles. The molecule has 2 aromatic carbocycles. The molecule has 35 heavy (non-hydrogen) atoms. The average molecular weight is 514 g/mol. The van der Waals surface area contributed by atoms with E-state index in [0.717, 1.165) is 24.3 Å². The summed E-state index contributed by atoms with van der Waals surface area (Å²) in [5, 5.41) is 0. The van der Waals surface area contributed by atoms with Gasteiger partial charge in [0.05, 0.1) is 11.1 Å². The maximum atomic E-state index is 12.5. The highest BCUT2D eigenvalue weighted by atomic mass is 19.4. The van der Waals surface area contributed by atoms with E-state index in [1.165, 1.54) is 19.9 Å². The summed E-state index contributed by atoms with van der Waals surface area (Å²) in [6.45, 7) is 1.71. The van der Waals surface area contributed by atoms with Crippen LogP contribution in [-0.4, -0.2) is 11.6 Å². The molecule has 0 bridgehead atoms. The quantitative estimate of drug-likeness (QED) is 0.336. The molecule has 0 fully saturated rings. The summed E-state index contributed by atoms with van der Waals surface area (Å²) >= 11 is 0. The van der Waals surface area contributed by atoms with Crippen molar-refractivity contribution in [3.05, 3.63) is 69.8 Å². The second kappa shape index (κ2) is 12.7. The Morgan fingerprint density at radius 3 is 1.46 bits per heavy atom. The molecule has 0 aliphatic carbocycles. The number of benzene rings is 2. The van der Waals surface area contributed by atoms with Crippen LogP contribution < -0.4 is 0 Å². The fourth-order valence-corrected chi connectivity index (χ4v) is 2.94. The lowest BCUT2D eigenvalue weighted by Crippen LogP contribution is -2.07. The van der Waals surface area contributed by atoms with Gasteiger partial charge >= 0.3 is 12.4 Å². The lowest BCUT2D eigenvalue weighted by Gasteiger charge is -2.11. The van der Waals surface area contributed by atoms with Crippen molar-refractivity contribution in [1.29, 1.82) is 0 Å². The predicted octanol–water partition coefficient (Wildman–Crippen LogP) is 7.86. The third-order valence-electron chi connectivity index (χ3n) is 4.66. The summed E-state index contributed by atoms with van der Waals surface area (Å²) in [6.07, 6.45) is -11.7. The molecular weight excluding hydrogens is 491 g/mol. The molecule has 0 saturated heterocycles. The van der Waals surface area contributed by atoms with Crippen molar-refractivity contribution in [3.63, 3.8) is 0 Å². The van der Waals surface area contributed by atoms with E-state index in [1.54, 1.807) is 0 Å². The molecular formula is C24H23F9O2. The topological polar surface area (TPSA) is 34.1 Å². The summed E-state index contributed by atoms with van der Waals surface area (Å²) < 4.78 is 112. The number of hydrogen-bond acceptors (Lipinski definition) is 2. The van der Waals surface area contributed by atoms with E-state index in [1.807, 2.05) is 0 Å². The number of carbonyl (C=O) groups excluding carboxylic acids is 2. The Bertz CT molecular complexity index is 1010. The van der Waals surface area contributed by atoms with Gasteiger partial charge in [-0.1, -0.05) is 12.1 Å². The van der Waals surface area contributed by atoms with E-state index in [4.69, 9.17) is 0 Å². The lowest BCUT2D eigenvalue weighted by atomic mass is 10.0. The van der Waals surface area contributed by atoms with Crippen LogP contribution in [0.5, 0.6) is 0 Å². The first kappa shape index (κ1) is 30.2. The summed E-state index contributed by atoms with van der Waals surface area (Å²) in [6, 6.07) is 5.34. The first-order chi connectivity index (χ1) is 16.0. The summed E-state index contributed by atoms with van der Waals surface area (Å²) in [5.74, 6) is -0.310. The smallest absolute Gasteiger partial charge is 0.300 e. The van der Waals surface area contributed by atoms with E-state index >= 15 is 0 Å². The molecule has 0 aromatic heterocycles. The minimum absolute atomic E-state index is 0.0154. The maximum Gasteiger partial charge on any atom is 0.416 e. The lowest BCUT2D eigenvalue weighted by molar-refractivity contribution is -0.138. The van der Waals surface area contributed by atoms with E-state index in [0.29, 0.717) is 11.6 Å². The Labute approximate surface area is 196 Å². The minimum Gasteiger partial charge on any atom is -0.300 e. The highest BCUT2D eigenvalue weighted by Crippen LogP contribution is 2.33. The third-order valence-corrected chi connectivity index (χ3v) is 4.66. The Morgan fingerprint density at radius 1 is 0.686 bits per heavy atom. The standard InChI is InChI=1S/C12H11F5O.C12H12F4O/c1-7(18)2-3-8-4-9(11(13)14)6-10(5-8)12(15,16)17;1-8(17)2-3-9-4-10(7-13)6-11(5-9)12(14,15)16/h4-6,11H,2-3H2,1H3;4-6H,2-3,7H2,1H3. The van der Waals surface area contributed by atoms with Gasteiger partial charge in [-0.2, -0.15) is 26.3 Å². The van der Waals surface area contributed by atoms with Crippen molar-refractivity contribution in [2.24, 2.45) is 0 Å². The van der Waals surface area contributed by atoms with Crippen LogP contribution in [-0.2, 0) is 41.5 Å². The summed E-state index contributed by atoms with van der Waals surface area (Å²) in [7, 11) is 0. The molecule has 2 aromatic rings. The van der Waals surface area contributed by atoms with Gasteiger partial charge in [0, 0.05) is 18.4 Å². The van der Waals surface area contributed by atoms with Crippen LogP contribution in [0, 0.1) is 0 Å². The molecule has 0 amide bonds. The van der Waals surface area contributed by atoms with Crippen LogP contribution in [0.3, 0.4) is 0 Å². The number of Topliss-reactive ketones (excluding diaryl/α,β-unsaturated/α-hetero) is 2. The zero-order chi connectivity index (χ0) is 27.0. The Morgan fingerprint density at radius 2 is 1.09 bits per heavy atom. The van der Waals surface area contributed by atoms with Crippen molar-refractivity contribution >= 4 is 11.6 Å². The van der Waals surface area contributed by atoms with E-state index in [9.17, 15) is 49.1 Å². The van der Waals surface area contributed by atoms with E-state index in [2.05, 4.69) is 0 Å². The maximum absolute atomic E-state index is 12.5. The zero-order valence-electron chi connectivity index (χ0n) is 18.8. The SMILES string of the molecule is CC(=O)CCc1cc(C(F)F)cc(C(F)(F)F)c1.CC(=O)CCc1cc(CF)cc(C(F)(F)F)c1. The van der Waals surface area contributed by atoms with E-state index in [-0.39, 0.29) is 48.4 Å². The number of rotatable bonds is 8. The van der Waals surface area contributed by atoms with Crippen molar-refractivity contribution in [3.8, 4) is 0 Å². The molecule has 0 N–H and O–H groups in total. The van der Waals surface area contributed by atoms with Gasteiger partial charge in [-0.3, -0.25) is 0 Å². The van der Waals surface area contributed by atoms with Crippen LogP contribution >= 0.6 is 0 Å². The molecule has 0 spiro atoms. The largest absolute Gasteiger partial charge is 0.416 e. The van der Waals surface area contributed by atoms with Crippen LogP contribution in [0.1, 0.15) is 66.5 Å². The monoisotopic (exact) mass is 514 g/mol. The highest BCUT2D eigenvalue weighted by Gasteiger charge is 2.32. The van der Waals surface area contributed by atoms with Crippen molar-refractivity contribution in [2.45, 2.75) is 65.0 Å². The number of halogens is 9.